The molecule has 0 aliphatic rings. The fourth-order valence-electron chi connectivity index (χ4n) is 1.92. The smallest absolute Gasteiger partial charge is 0.267 e. The van der Waals surface area contributed by atoms with Crippen molar-refractivity contribution in [3.63, 3.8) is 0 Å². The van der Waals surface area contributed by atoms with Gasteiger partial charge in [0.15, 0.2) is 15.6 Å². The second-order valence-corrected chi connectivity index (χ2v) is 7.08. The number of hydrogen-bond donors (Lipinski definition) is 2. The summed E-state index contributed by atoms with van der Waals surface area (Å²) in [4.78, 5) is 25.8. The van der Waals surface area contributed by atoms with E-state index in [1.807, 2.05) is 0 Å². The molecule has 0 spiro atoms. The number of amides is 1. The van der Waals surface area contributed by atoms with E-state index >= 15 is 0 Å². The van der Waals surface area contributed by atoms with Gasteiger partial charge in [0.05, 0.1) is 4.90 Å². The number of nitrogens with one attached hydrogen (secondary N) is 2. The number of aromatic nitrogens is 1. The Balaban J connectivity index is 2.13. The van der Waals surface area contributed by atoms with Gasteiger partial charge < -0.3 is 10.3 Å². The topological polar surface area (TPSA) is 96.1 Å². The zero-order chi connectivity index (χ0) is 17.2. The molecule has 0 bridgehead atoms. The third-order valence-corrected chi connectivity index (χ3v) is 4.33. The predicted octanol–water partition coefficient (Wildman–Crippen LogP) is 1.69. The third-order valence-electron chi connectivity index (χ3n) is 3.22. The van der Waals surface area contributed by atoms with Crippen LogP contribution in [0, 0.1) is 5.82 Å². The summed E-state index contributed by atoms with van der Waals surface area (Å²) < 4.78 is 36.7. The van der Waals surface area contributed by atoms with E-state index < -0.39 is 21.6 Å². The van der Waals surface area contributed by atoms with Crippen LogP contribution in [0.25, 0.3) is 0 Å². The number of rotatable bonds is 5. The Kier molecular flexibility index (Phi) is 4.65. The molecule has 2 aromatic rings. The van der Waals surface area contributed by atoms with Gasteiger partial charge in [-0.05, 0) is 31.2 Å². The van der Waals surface area contributed by atoms with Gasteiger partial charge in [0.1, 0.15) is 11.5 Å². The van der Waals surface area contributed by atoms with E-state index in [0.29, 0.717) is 5.56 Å². The molecule has 0 unspecified atom stereocenters. The largest absolute Gasteiger partial charge is 0.356 e. The minimum atomic E-state index is -3.46. The first-order valence-electron chi connectivity index (χ1n) is 6.64. The molecule has 1 aromatic carbocycles. The maximum absolute atomic E-state index is 13.7. The zero-order valence-electron chi connectivity index (χ0n) is 12.5. The van der Waals surface area contributed by atoms with Crippen LogP contribution in [0.1, 0.15) is 33.3 Å². The molecule has 2 N–H and O–H groups in total. The Labute approximate surface area is 132 Å². The number of H-pyrrole nitrogens is 1. The molecule has 8 heteroatoms. The quantitative estimate of drug-likeness (QED) is 0.640. The summed E-state index contributed by atoms with van der Waals surface area (Å²) in [7, 11) is -3.46. The van der Waals surface area contributed by atoms with Crippen LogP contribution < -0.4 is 5.32 Å². The van der Waals surface area contributed by atoms with Gasteiger partial charge in [0, 0.05) is 30.1 Å². The van der Waals surface area contributed by atoms with Gasteiger partial charge >= 0.3 is 0 Å². The van der Waals surface area contributed by atoms with Gasteiger partial charge in [-0.3, -0.25) is 9.59 Å². The maximum Gasteiger partial charge on any atom is 0.267 e. The van der Waals surface area contributed by atoms with Crippen LogP contribution in [0.5, 0.6) is 0 Å². The Morgan fingerprint density at radius 1 is 1.26 bits per heavy atom. The molecule has 0 saturated carbocycles. The number of carbonyl (C=O) groups excluding carboxylic acids is 2. The molecular formula is C15H15FN2O4S. The van der Waals surface area contributed by atoms with E-state index in [4.69, 9.17) is 0 Å². The van der Waals surface area contributed by atoms with Crippen LogP contribution in [0.3, 0.4) is 0 Å². The van der Waals surface area contributed by atoms with Crippen LogP contribution in [-0.2, 0) is 16.4 Å². The SMILES string of the molecule is CC(=O)c1c[nH]c(C(=O)NCc2cc(S(C)(=O)=O)ccc2F)c1. The van der Waals surface area contributed by atoms with Crippen molar-refractivity contribution in [1.29, 1.82) is 0 Å². The number of ketones is 1. The highest BCUT2D eigenvalue weighted by atomic mass is 32.2. The minimum absolute atomic E-state index is 0.0260. The molecule has 122 valence electrons. The van der Waals surface area contributed by atoms with E-state index in [9.17, 15) is 22.4 Å². The lowest BCUT2D eigenvalue weighted by Crippen LogP contribution is -2.23. The van der Waals surface area contributed by atoms with Gasteiger partial charge in [-0.1, -0.05) is 0 Å². The van der Waals surface area contributed by atoms with Crippen molar-refractivity contribution < 1.29 is 22.4 Å². The number of Topliss-reactive ketones (excluding diaryl/α,β-unsaturated/α-hetero) is 1. The molecule has 6 nitrogen and oxygen atoms in total. The van der Waals surface area contributed by atoms with Crippen LogP contribution >= 0.6 is 0 Å². The highest BCUT2D eigenvalue weighted by Gasteiger charge is 2.14. The first kappa shape index (κ1) is 16.9. The van der Waals surface area contributed by atoms with Crippen LogP contribution in [0.15, 0.2) is 35.4 Å². The molecule has 2 rings (SSSR count). The van der Waals surface area contributed by atoms with Crippen LogP contribution in [0.2, 0.25) is 0 Å². The summed E-state index contributed by atoms with van der Waals surface area (Å²) in [5, 5.41) is 2.47. The Bertz CT molecular complexity index is 871. The molecule has 1 heterocycles. The second-order valence-electron chi connectivity index (χ2n) is 5.07. The van der Waals surface area contributed by atoms with Gasteiger partial charge in [0.25, 0.3) is 5.91 Å². The van der Waals surface area contributed by atoms with Crippen molar-refractivity contribution in [2.75, 3.05) is 6.26 Å². The Morgan fingerprint density at radius 3 is 2.52 bits per heavy atom. The van der Waals surface area contributed by atoms with Crippen molar-refractivity contribution in [3.8, 4) is 0 Å². The Morgan fingerprint density at radius 2 is 1.96 bits per heavy atom. The summed E-state index contributed by atoms with van der Waals surface area (Å²) in [5.74, 6) is -1.33. The van der Waals surface area contributed by atoms with E-state index in [2.05, 4.69) is 10.3 Å². The molecule has 1 amide bonds. The monoisotopic (exact) mass is 338 g/mol. The summed E-state index contributed by atoms with van der Waals surface area (Å²) in [6, 6.07) is 4.78. The van der Waals surface area contributed by atoms with Crippen LogP contribution in [-0.4, -0.2) is 31.3 Å². The molecule has 0 radical (unpaired) electrons. The lowest BCUT2D eigenvalue weighted by atomic mass is 10.2. The summed E-state index contributed by atoms with van der Waals surface area (Å²) in [6.07, 6.45) is 2.42. The zero-order valence-corrected chi connectivity index (χ0v) is 13.3. The lowest BCUT2D eigenvalue weighted by Gasteiger charge is -2.07. The number of carbonyl (C=O) groups is 2. The Hall–Kier alpha value is -2.48. The highest BCUT2D eigenvalue weighted by molar-refractivity contribution is 7.90. The number of aromatic amines is 1. The fraction of sp³-hybridized carbons (Fsp3) is 0.200. The minimum Gasteiger partial charge on any atom is -0.356 e. The average Bonchev–Trinajstić information content (AvgIpc) is 2.95. The van der Waals surface area contributed by atoms with Gasteiger partial charge in [-0.2, -0.15) is 0 Å². The molecule has 0 saturated heterocycles. The molecule has 23 heavy (non-hydrogen) atoms. The highest BCUT2D eigenvalue weighted by Crippen LogP contribution is 2.15. The second kappa shape index (κ2) is 6.33. The summed E-state index contributed by atoms with van der Waals surface area (Å²) in [6.45, 7) is 1.19. The first-order chi connectivity index (χ1) is 10.7. The van der Waals surface area contributed by atoms with Gasteiger partial charge in [-0.15, -0.1) is 0 Å². The summed E-state index contributed by atoms with van der Waals surface area (Å²) in [5.41, 5.74) is 0.579. The fourth-order valence-corrected chi connectivity index (χ4v) is 2.59. The molecule has 0 atom stereocenters. The van der Waals surface area contributed by atoms with Crippen LogP contribution in [0.4, 0.5) is 4.39 Å². The molecular weight excluding hydrogens is 323 g/mol. The van der Waals surface area contributed by atoms with Crippen molar-refractivity contribution in [1.82, 2.24) is 10.3 Å². The summed E-state index contributed by atoms with van der Waals surface area (Å²) >= 11 is 0. The normalized spacial score (nSPS) is 11.3. The van der Waals surface area contributed by atoms with Crippen molar-refractivity contribution >= 4 is 21.5 Å². The lowest BCUT2D eigenvalue weighted by molar-refractivity contribution is 0.0946. The van der Waals surface area contributed by atoms with Crippen molar-refractivity contribution in [3.05, 3.63) is 53.1 Å². The van der Waals surface area contributed by atoms with Gasteiger partial charge in [0.2, 0.25) is 0 Å². The van der Waals surface area contributed by atoms with E-state index in [1.165, 1.54) is 31.3 Å². The van der Waals surface area contributed by atoms with Crippen molar-refractivity contribution in [2.24, 2.45) is 0 Å². The maximum atomic E-state index is 13.7. The molecule has 0 fully saturated rings. The number of hydrogen-bond acceptors (Lipinski definition) is 4. The van der Waals surface area contributed by atoms with E-state index in [0.717, 1.165) is 12.3 Å². The molecule has 0 aliphatic carbocycles. The van der Waals surface area contributed by atoms with E-state index in [1.54, 1.807) is 0 Å². The average molecular weight is 338 g/mol. The molecule has 1 aromatic heterocycles. The number of sulfone groups is 1. The third kappa shape index (κ3) is 4.04. The standard InChI is InChI=1S/C15H15FN2O4S/c1-9(19)10-6-14(17-7-10)15(20)18-8-11-5-12(23(2,21)22)3-4-13(11)16/h3-7,17H,8H2,1-2H3,(H,18,20). The number of benzene rings is 1. The first-order valence-corrected chi connectivity index (χ1v) is 8.53. The van der Waals surface area contributed by atoms with E-state index in [-0.39, 0.29) is 28.5 Å². The van der Waals surface area contributed by atoms with Gasteiger partial charge in [-0.25, -0.2) is 12.8 Å². The van der Waals surface area contributed by atoms with Crippen molar-refractivity contribution in [2.45, 2.75) is 18.4 Å². The number of halogens is 1. The molecule has 0 aliphatic heterocycles. The predicted molar refractivity (Wildman–Crippen MR) is 81.5 cm³/mol.